The van der Waals surface area contributed by atoms with E-state index in [1.165, 1.54) is 30.7 Å². The quantitative estimate of drug-likeness (QED) is 0.529. The molecule has 0 saturated carbocycles. The number of carbonyl (C=O) groups is 1. The molecule has 1 aliphatic heterocycles. The molecule has 3 aromatic rings. The predicted molar refractivity (Wildman–Crippen MR) is 124 cm³/mol. The van der Waals surface area contributed by atoms with Crippen molar-refractivity contribution in [1.82, 2.24) is 9.97 Å². The van der Waals surface area contributed by atoms with Crippen LogP contribution in [0.1, 0.15) is 18.1 Å². The average molecular weight is 489 g/mol. The van der Waals surface area contributed by atoms with Crippen LogP contribution < -0.4 is 10.1 Å². The molecule has 1 aromatic carbocycles. The molecule has 0 fully saturated rings. The van der Waals surface area contributed by atoms with Crippen molar-refractivity contribution in [3.05, 3.63) is 65.5 Å². The molecule has 0 aliphatic carbocycles. The topological polar surface area (TPSA) is 103 Å². The molecule has 0 spiro atoms. The minimum Gasteiger partial charge on any atom is -0.492 e. The number of ether oxygens (including phenoxy) is 2. The van der Waals surface area contributed by atoms with Crippen molar-refractivity contribution in [2.75, 3.05) is 24.8 Å². The summed E-state index contributed by atoms with van der Waals surface area (Å²) >= 11 is 0. The molecule has 1 atom stereocenters. The largest absolute Gasteiger partial charge is 0.492 e. The van der Waals surface area contributed by atoms with E-state index in [2.05, 4.69) is 19.6 Å². The van der Waals surface area contributed by atoms with E-state index >= 15 is 0 Å². The zero-order chi connectivity index (χ0) is 24.3. The SMILES string of the molecule is CCOC(=O)N=S(C)(=O)Cc1ccnc(Nc2cc(-c3ccc(F)c4c3OCC4)c(F)cn2)c1. The van der Waals surface area contributed by atoms with E-state index in [1.54, 1.807) is 19.1 Å². The highest BCUT2D eigenvalue weighted by Gasteiger charge is 2.23. The highest BCUT2D eigenvalue weighted by Crippen LogP contribution is 2.39. The molecule has 0 bridgehead atoms. The van der Waals surface area contributed by atoms with Crippen molar-refractivity contribution in [1.29, 1.82) is 0 Å². The average Bonchev–Trinajstić information content (AvgIpc) is 3.26. The Morgan fingerprint density at radius 3 is 2.76 bits per heavy atom. The number of nitrogens with one attached hydrogen (secondary N) is 1. The van der Waals surface area contributed by atoms with Gasteiger partial charge in [-0.05, 0) is 42.8 Å². The van der Waals surface area contributed by atoms with E-state index in [4.69, 9.17) is 9.47 Å². The molecule has 1 aliphatic rings. The number of pyridine rings is 2. The molecule has 8 nitrogen and oxygen atoms in total. The van der Waals surface area contributed by atoms with Gasteiger partial charge < -0.3 is 14.8 Å². The zero-order valence-electron chi connectivity index (χ0n) is 18.5. The van der Waals surface area contributed by atoms with Crippen LogP contribution in [-0.2, 0) is 26.6 Å². The van der Waals surface area contributed by atoms with Gasteiger partial charge in [0.15, 0.2) is 0 Å². The number of carbonyl (C=O) groups excluding carboxylic acids is 1. The molecule has 2 aromatic heterocycles. The number of nitrogens with zero attached hydrogens (tertiary/aromatic N) is 3. The maximum atomic E-state index is 14.6. The van der Waals surface area contributed by atoms with Gasteiger partial charge in [0.05, 0.1) is 34.9 Å². The fraction of sp³-hybridized carbons (Fsp3) is 0.261. The second kappa shape index (κ2) is 9.72. The van der Waals surface area contributed by atoms with Crippen LogP contribution in [0.3, 0.4) is 0 Å². The Morgan fingerprint density at radius 1 is 1.18 bits per heavy atom. The first kappa shape index (κ1) is 23.6. The lowest BCUT2D eigenvalue weighted by molar-refractivity contribution is 0.164. The number of aromatic nitrogens is 2. The molecular formula is C23H22F2N4O4S. The molecule has 0 radical (unpaired) electrons. The van der Waals surface area contributed by atoms with Gasteiger partial charge in [-0.3, -0.25) is 0 Å². The van der Waals surface area contributed by atoms with Gasteiger partial charge in [0.1, 0.15) is 29.0 Å². The molecular weight excluding hydrogens is 466 g/mol. The van der Waals surface area contributed by atoms with Gasteiger partial charge >= 0.3 is 6.09 Å². The maximum Gasteiger partial charge on any atom is 0.441 e. The Kier molecular flexibility index (Phi) is 6.73. The highest BCUT2D eigenvalue weighted by molar-refractivity contribution is 7.92. The van der Waals surface area contributed by atoms with E-state index in [1.807, 2.05) is 0 Å². The second-order valence-corrected chi connectivity index (χ2v) is 10.0. The minimum atomic E-state index is -2.87. The molecule has 11 heteroatoms. The van der Waals surface area contributed by atoms with Gasteiger partial charge in [-0.2, -0.15) is 0 Å². The van der Waals surface area contributed by atoms with E-state index in [-0.39, 0.29) is 23.7 Å². The molecule has 1 unspecified atom stereocenters. The lowest BCUT2D eigenvalue weighted by atomic mass is 10.0. The standard InChI is InChI=1S/C23H22F2N4O4S/c1-3-32-23(30)29-34(2,31)13-14-6-8-26-20(10-14)28-21-11-17(19(25)12-27-21)15-4-5-18(24)16-7-9-33-22(15)16/h4-6,8,10-12H,3,7,9,13H2,1-2H3,(H,26,27,28). The smallest absolute Gasteiger partial charge is 0.441 e. The Labute approximate surface area is 195 Å². The van der Waals surface area contributed by atoms with Crippen LogP contribution in [0.4, 0.5) is 25.2 Å². The maximum absolute atomic E-state index is 14.6. The molecule has 0 saturated heterocycles. The van der Waals surface area contributed by atoms with Crippen LogP contribution in [0.15, 0.2) is 47.1 Å². The monoisotopic (exact) mass is 488 g/mol. The molecule has 3 heterocycles. The predicted octanol–water partition coefficient (Wildman–Crippen LogP) is 4.85. The Morgan fingerprint density at radius 2 is 1.97 bits per heavy atom. The summed E-state index contributed by atoms with van der Waals surface area (Å²) in [5.74, 6) is 0.0406. The van der Waals surface area contributed by atoms with Gasteiger partial charge in [0, 0.05) is 35.6 Å². The Balaban J connectivity index is 1.59. The Bertz CT molecular complexity index is 1370. The fourth-order valence-corrected chi connectivity index (χ4v) is 4.83. The first-order valence-corrected chi connectivity index (χ1v) is 12.5. The van der Waals surface area contributed by atoms with Gasteiger partial charge in [-0.25, -0.2) is 27.8 Å². The number of amides is 1. The summed E-state index contributed by atoms with van der Waals surface area (Å²) in [6, 6.07) is 7.54. The van der Waals surface area contributed by atoms with Crippen LogP contribution >= 0.6 is 0 Å². The number of hydrogen-bond acceptors (Lipinski definition) is 7. The summed E-state index contributed by atoms with van der Waals surface area (Å²) in [4.78, 5) is 19.8. The van der Waals surface area contributed by atoms with Crippen LogP contribution in [0.2, 0.25) is 0 Å². The summed E-state index contributed by atoms with van der Waals surface area (Å²) in [6.07, 6.45) is 3.48. The third-order valence-electron chi connectivity index (χ3n) is 5.00. The number of rotatable bonds is 6. The molecule has 178 valence electrons. The van der Waals surface area contributed by atoms with Crippen LogP contribution in [0.5, 0.6) is 5.75 Å². The lowest BCUT2D eigenvalue weighted by Crippen LogP contribution is -2.07. The molecule has 4 rings (SSSR count). The van der Waals surface area contributed by atoms with Crippen LogP contribution in [0.25, 0.3) is 11.1 Å². The molecule has 1 N–H and O–H groups in total. The number of halogens is 2. The fourth-order valence-electron chi connectivity index (χ4n) is 3.59. The van der Waals surface area contributed by atoms with Crippen molar-refractivity contribution in [2.24, 2.45) is 4.36 Å². The summed E-state index contributed by atoms with van der Waals surface area (Å²) in [7, 11) is -2.87. The number of benzene rings is 1. The Hall–Kier alpha value is -3.60. The van der Waals surface area contributed by atoms with Gasteiger partial charge in [-0.15, -0.1) is 4.36 Å². The minimum absolute atomic E-state index is 0.00413. The van der Waals surface area contributed by atoms with Crippen molar-refractivity contribution in [3.63, 3.8) is 0 Å². The van der Waals surface area contributed by atoms with Gasteiger partial charge in [0.25, 0.3) is 0 Å². The van der Waals surface area contributed by atoms with Crippen LogP contribution in [0, 0.1) is 11.6 Å². The number of hydrogen-bond donors (Lipinski definition) is 1. The van der Waals surface area contributed by atoms with Crippen molar-refractivity contribution in [2.45, 2.75) is 19.1 Å². The van der Waals surface area contributed by atoms with Crippen LogP contribution in [-0.4, -0.2) is 39.7 Å². The van der Waals surface area contributed by atoms with Crippen molar-refractivity contribution >= 4 is 27.5 Å². The third kappa shape index (κ3) is 5.30. The van der Waals surface area contributed by atoms with E-state index in [0.717, 1.165) is 6.20 Å². The zero-order valence-corrected chi connectivity index (χ0v) is 19.3. The first-order valence-electron chi connectivity index (χ1n) is 10.4. The molecule has 1 amide bonds. The van der Waals surface area contributed by atoms with E-state index in [0.29, 0.717) is 47.1 Å². The van der Waals surface area contributed by atoms with Gasteiger partial charge in [-0.1, -0.05) is 0 Å². The second-order valence-electron chi connectivity index (χ2n) is 7.62. The van der Waals surface area contributed by atoms with Crippen molar-refractivity contribution in [3.8, 4) is 16.9 Å². The third-order valence-corrected chi connectivity index (χ3v) is 6.40. The van der Waals surface area contributed by atoms with E-state index < -0.39 is 21.6 Å². The number of fused-ring (bicyclic) bond motifs is 1. The number of anilines is 2. The summed E-state index contributed by atoms with van der Waals surface area (Å²) < 4.78 is 55.3. The first-order chi connectivity index (χ1) is 16.3. The normalized spacial score (nSPS) is 14.0. The highest BCUT2D eigenvalue weighted by atomic mass is 32.2. The molecule has 34 heavy (non-hydrogen) atoms. The summed E-state index contributed by atoms with van der Waals surface area (Å²) in [5, 5.41) is 2.99. The summed E-state index contributed by atoms with van der Waals surface area (Å²) in [5.41, 5.74) is 1.68. The lowest BCUT2D eigenvalue weighted by Gasteiger charge is -2.12. The summed E-state index contributed by atoms with van der Waals surface area (Å²) in [6.45, 7) is 2.11. The van der Waals surface area contributed by atoms with Crippen molar-refractivity contribution < 1.29 is 27.3 Å². The van der Waals surface area contributed by atoms with E-state index in [9.17, 15) is 17.8 Å². The van der Waals surface area contributed by atoms with Gasteiger partial charge in [0.2, 0.25) is 0 Å².